The molecule has 0 radical (unpaired) electrons. The van der Waals surface area contributed by atoms with Gasteiger partial charge in [0.1, 0.15) is 6.04 Å². The highest BCUT2D eigenvalue weighted by Gasteiger charge is 2.35. The van der Waals surface area contributed by atoms with Crippen molar-refractivity contribution in [1.29, 1.82) is 0 Å². The molecule has 1 amide bonds. The molecule has 2 rings (SSSR count). The molecule has 1 aliphatic rings. The monoisotopic (exact) mass is 233 g/mol. The van der Waals surface area contributed by atoms with Gasteiger partial charge < -0.3 is 15.5 Å². The molecule has 4 heteroatoms. The van der Waals surface area contributed by atoms with Crippen LogP contribution in [0.1, 0.15) is 17.2 Å². The lowest BCUT2D eigenvalue weighted by atomic mass is 10.1. The maximum absolute atomic E-state index is 12.1. The third kappa shape index (κ3) is 2.06. The standard InChI is InChI=1S/C13H19N3O/c1-9-5-4-6-10-11(14)13(17)16(12(9)10)8-7-15(2)3/h4-6,11H,7-8,14H2,1-3H3. The maximum atomic E-state index is 12.1. The Kier molecular flexibility index (Phi) is 3.17. The minimum absolute atomic E-state index is 0.0103. The molecule has 1 aromatic rings. The molecule has 1 unspecified atom stereocenters. The summed E-state index contributed by atoms with van der Waals surface area (Å²) in [6.07, 6.45) is 0. The normalized spacial score (nSPS) is 19.0. The lowest BCUT2D eigenvalue weighted by Gasteiger charge is -2.21. The highest BCUT2D eigenvalue weighted by molar-refractivity contribution is 6.05. The molecule has 1 aromatic carbocycles. The van der Waals surface area contributed by atoms with Gasteiger partial charge in [0.15, 0.2) is 0 Å². The number of hydrogen-bond acceptors (Lipinski definition) is 3. The summed E-state index contributed by atoms with van der Waals surface area (Å²) in [5.74, 6) is 0.0103. The zero-order chi connectivity index (χ0) is 12.6. The first-order valence-electron chi connectivity index (χ1n) is 5.83. The van der Waals surface area contributed by atoms with Crippen LogP contribution >= 0.6 is 0 Å². The number of aryl methyl sites for hydroxylation is 1. The number of nitrogens with two attached hydrogens (primary N) is 1. The van der Waals surface area contributed by atoms with Crippen molar-refractivity contribution in [3.05, 3.63) is 29.3 Å². The lowest BCUT2D eigenvalue weighted by molar-refractivity contribution is -0.119. The van der Waals surface area contributed by atoms with Gasteiger partial charge in [0, 0.05) is 18.7 Å². The average Bonchev–Trinajstić information content (AvgIpc) is 2.52. The third-order valence-corrected chi connectivity index (χ3v) is 3.18. The second kappa shape index (κ2) is 4.47. The molecule has 4 nitrogen and oxygen atoms in total. The van der Waals surface area contributed by atoms with E-state index in [0.29, 0.717) is 6.54 Å². The largest absolute Gasteiger partial charge is 0.316 e. The fourth-order valence-electron chi connectivity index (χ4n) is 2.23. The van der Waals surface area contributed by atoms with Gasteiger partial charge in [0.25, 0.3) is 0 Å². The third-order valence-electron chi connectivity index (χ3n) is 3.18. The Bertz CT molecular complexity index is 442. The molecular formula is C13H19N3O. The number of hydrogen-bond donors (Lipinski definition) is 1. The van der Waals surface area contributed by atoms with E-state index in [9.17, 15) is 4.79 Å². The number of benzene rings is 1. The van der Waals surface area contributed by atoms with Crippen LogP contribution in [0.4, 0.5) is 5.69 Å². The van der Waals surface area contributed by atoms with Gasteiger partial charge in [-0.3, -0.25) is 4.79 Å². The van der Waals surface area contributed by atoms with Crippen LogP contribution < -0.4 is 10.6 Å². The van der Waals surface area contributed by atoms with E-state index in [-0.39, 0.29) is 5.91 Å². The van der Waals surface area contributed by atoms with Gasteiger partial charge in [0.2, 0.25) is 5.91 Å². The number of anilines is 1. The van der Waals surface area contributed by atoms with Crippen molar-refractivity contribution in [1.82, 2.24) is 4.90 Å². The van der Waals surface area contributed by atoms with Crippen LogP contribution in [0.25, 0.3) is 0 Å². The van der Waals surface area contributed by atoms with Gasteiger partial charge in [-0.2, -0.15) is 0 Å². The second-order valence-corrected chi connectivity index (χ2v) is 4.78. The van der Waals surface area contributed by atoms with Crippen LogP contribution in [-0.4, -0.2) is 38.0 Å². The number of carbonyl (C=O) groups excluding carboxylic acids is 1. The average molecular weight is 233 g/mol. The van der Waals surface area contributed by atoms with Gasteiger partial charge in [-0.15, -0.1) is 0 Å². The molecule has 0 fully saturated rings. The van der Waals surface area contributed by atoms with Crippen molar-refractivity contribution in [3.8, 4) is 0 Å². The lowest BCUT2D eigenvalue weighted by Crippen LogP contribution is -2.36. The molecule has 92 valence electrons. The van der Waals surface area contributed by atoms with Crippen LogP contribution in [0.5, 0.6) is 0 Å². The fourth-order valence-corrected chi connectivity index (χ4v) is 2.23. The van der Waals surface area contributed by atoms with E-state index < -0.39 is 6.04 Å². The van der Waals surface area contributed by atoms with E-state index in [1.54, 1.807) is 0 Å². The van der Waals surface area contributed by atoms with Gasteiger partial charge in [-0.1, -0.05) is 18.2 Å². The Labute approximate surface area is 102 Å². The van der Waals surface area contributed by atoms with Crippen LogP contribution in [0.15, 0.2) is 18.2 Å². The van der Waals surface area contributed by atoms with Gasteiger partial charge >= 0.3 is 0 Å². The Balaban J connectivity index is 2.33. The van der Waals surface area contributed by atoms with E-state index in [1.165, 1.54) is 0 Å². The van der Waals surface area contributed by atoms with Crippen molar-refractivity contribution < 1.29 is 4.79 Å². The summed E-state index contributed by atoms with van der Waals surface area (Å²) in [6, 6.07) is 5.43. The molecule has 0 aliphatic carbocycles. The van der Waals surface area contributed by atoms with E-state index >= 15 is 0 Å². The summed E-state index contributed by atoms with van der Waals surface area (Å²) in [4.78, 5) is 16.0. The van der Waals surface area contributed by atoms with Crippen LogP contribution in [-0.2, 0) is 4.79 Å². The predicted molar refractivity (Wildman–Crippen MR) is 69.0 cm³/mol. The molecular weight excluding hydrogens is 214 g/mol. The highest BCUT2D eigenvalue weighted by Crippen LogP contribution is 2.36. The van der Waals surface area contributed by atoms with Gasteiger partial charge in [-0.25, -0.2) is 0 Å². The molecule has 0 bridgehead atoms. The molecule has 1 atom stereocenters. The second-order valence-electron chi connectivity index (χ2n) is 4.78. The number of para-hydroxylation sites is 1. The summed E-state index contributed by atoms with van der Waals surface area (Å²) in [5.41, 5.74) is 9.02. The van der Waals surface area contributed by atoms with Crippen molar-refractivity contribution >= 4 is 11.6 Å². The van der Waals surface area contributed by atoms with Crippen molar-refractivity contribution in [2.45, 2.75) is 13.0 Å². The minimum Gasteiger partial charge on any atom is -0.316 e. The van der Waals surface area contributed by atoms with Crippen molar-refractivity contribution in [3.63, 3.8) is 0 Å². The van der Waals surface area contributed by atoms with E-state index in [4.69, 9.17) is 5.73 Å². The van der Waals surface area contributed by atoms with Gasteiger partial charge in [0.05, 0.1) is 5.69 Å². The molecule has 1 heterocycles. The number of likely N-dealkylation sites (N-methyl/N-ethyl adjacent to an activating group) is 1. The fraction of sp³-hybridized carbons (Fsp3) is 0.462. The number of rotatable bonds is 3. The first kappa shape index (κ1) is 12.1. The first-order valence-corrected chi connectivity index (χ1v) is 5.83. The Morgan fingerprint density at radius 2 is 2.12 bits per heavy atom. The zero-order valence-electron chi connectivity index (χ0n) is 10.6. The van der Waals surface area contributed by atoms with E-state index in [0.717, 1.165) is 23.4 Å². The van der Waals surface area contributed by atoms with Gasteiger partial charge in [-0.05, 0) is 26.6 Å². The quantitative estimate of drug-likeness (QED) is 0.844. The predicted octanol–water partition coefficient (Wildman–Crippen LogP) is 0.903. The summed E-state index contributed by atoms with van der Waals surface area (Å²) in [6.45, 7) is 3.55. The van der Waals surface area contributed by atoms with Crippen molar-refractivity contribution in [2.75, 3.05) is 32.1 Å². The maximum Gasteiger partial charge on any atom is 0.248 e. The Morgan fingerprint density at radius 3 is 2.76 bits per heavy atom. The molecule has 2 N–H and O–H groups in total. The smallest absolute Gasteiger partial charge is 0.248 e. The Morgan fingerprint density at radius 1 is 1.41 bits per heavy atom. The summed E-state index contributed by atoms with van der Waals surface area (Å²) < 4.78 is 0. The summed E-state index contributed by atoms with van der Waals surface area (Å²) in [5, 5.41) is 0. The molecule has 0 saturated carbocycles. The van der Waals surface area contributed by atoms with E-state index in [1.807, 2.05) is 44.1 Å². The topological polar surface area (TPSA) is 49.6 Å². The minimum atomic E-state index is -0.493. The number of nitrogens with zero attached hydrogens (tertiary/aromatic N) is 2. The highest BCUT2D eigenvalue weighted by atomic mass is 16.2. The number of fused-ring (bicyclic) bond motifs is 1. The summed E-state index contributed by atoms with van der Waals surface area (Å²) in [7, 11) is 4.00. The Hall–Kier alpha value is -1.39. The SMILES string of the molecule is Cc1cccc2c1N(CCN(C)C)C(=O)C2N. The number of amides is 1. The summed E-state index contributed by atoms with van der Waals surface area (Å²) >= 11 is 0. The van der Waals surface area contributed by atoms with Crippen molar-refractivity contribution in [2.24, 2.45) is 5.73 Å². The molecule has 1 aliphatic heterocycles. The van der Waals surface area contributed by atoms with E-state index in [2.05, 4.69) is 4.90 Å². The molecule has 0 spiro atoms. The van der Waals surface area contributed by atoms with Crippen LogP contribution in [0.3, 0.4) is 0 Å². The molecule has 17 heavy (non-hydrogen) atoms. The van der Waals surface area contributed by atoms with Crippen LogP contribution in [0, 0.1) is 6.92 Å². The van der Waals surface area contributed by atoms with Crippen LogP contribution in [0.2, 0.25) is 0 Å². The molecule has 0 saturated heterocycles. The zero-order valence-corrected chi connectivity index (χ0v) is 10.6. The number of carbonyl (C=O) groups is 1. The first-order chi connectivity index (χ1) is 8.02. The molecule has 0 aromatic heterocycles.